The maximum Gasteiger partial charge on any atom is 0.320 e. The first-order chi connectivity index (χ1) is 13.2. The first-order valence-electron chi connectivity index (χ1n) is 9.63. The monoisotopic (exact) mass is 368 g/mol. The van der Waals surface area contributed by atoms with Crippen LogP contribution in [0.2, 0.25) is 0 Å². The topological polar surface area (TPSA) is 78.8 Å². The molecule has 2 fully saturated rings. The van der Waals surface area contributed by atoms with Crippen LogP contribution in [-0.4, -0.2) is 74.6 Å². The van der Waals surface area contributed by atoms with Crippen molar-refractivity contribution in [3.63, 3.8) is 0 Å². The highest BCUT2D eigenvalue weighted by Gasteiger charge is 2.34. The van der Waals surface area contributed by atoms with E-state index < -0.39 is 0 Å². The highest BCUT2D eigenvalue weighted by atomic mass is 16.5. The van der Waals surface area contributed by atoms with Crippen molar-refractivity contribution < 1.29 is 9.53 Å². The molecule has 0 spiro atoms. The summed E-state index contributed by atoms with van der Waals surface area (Å²) >= 11 is 0. The van der Waals surface area contributed by atoms with E-state index in [1.807, 2.05) is 34.5 Å². The summed E-state index contributed by atoms with van der Waals surface area (Å²) in [5.74, 6) is 1.68. The van der Waals surface area contributed by atoms with Gasteiger partial charge in [0.1, 0.15) is 5.82 Å². The maximum absolute atomic E-state index is 13.0. The van der Waals surface area contributed by atoms with Crippen LogP contribution in [0.4, 0.5) is 4.79 Å². The number of urea groups is 1. The number of carbonyl (C=O) groups is 1. The van der Waals surface area contributed by atoms with Gasteiger partial charge in [-0.2, -0.15) is 0 Å². The van der Waals surface area contributed by atoms with Gasteiger partial charge in [-0.1, -0.05) is 6.92 Å². The zero-order valence-electron chi connectivity index (χ0n) is 15.5. The summed E-state index contributed by atoms with van der Waals surface area (Å²) in [6.45, 7) is 6.38. The van der Waals surface area contributed by atoms with Gasteiger partial charge >= 0.3 is 6.03 Å². The van der Waals surface area contributed by atoms with E-state index in [2.05, 4.69) is 21.3 Å². The summed E-state index contributed by atoms with van der Waals surface area (Å²) in [5.41, 5.74) is 2.87. The van der Waals surface area contributed by atoms with Gasteiger partial charge in [0.05, 0.1) is 36.6 Å². The molecule has 1 N–H and O–H groups in total. The number of piperidine rings is 1. The minimum Gasteiger partial charge on any atom is -0.378 e. The highest BCUT2D eigenvalue weighted by molar-refractivity contribution is 5.76. The summed E-state index contributed by atoms with van der Waals surface area (Å²) < 4.78 is 7.56. The fourth-order valence-corrected chi connectivity index (χ4v) is 4.30. The van der Waals surface area contributed by atoms with Gasteiger partial charge in [0.25, 0.3) is 0 Å². The summed E-state index contributed by atoms with van der Waals surface area (Å²) in [7, 11) is 0. The Balaban J connectivity index is 1.47. The van der Waals surface area contributed by atoms with Gasteiger partial charge in [-0.05, 0) is 18.4 Å². The van der Waals surface area contributed by atoms with E-state index in [0.29, 0.717) is 38.8 Å². The van der Waals surface area contributed by atoms with Crippen LogP contribution in [0, 0.1) is 5.92 Å². The van der Waals surface area contributed by atoms with Crippen LogP contribution < -0.4 is 0 Å². The molecule has 0 bridgehead atoms. The number of nitrogens with zero attached hydrogens (tertiary/aromatic N) is 5. The molecular formula is C19H24N6O2. The number of imidazole rings is 1. The number of rotatable bonds is 1. The van der Waals surface area contributed by atoms with Crippen LogP contribution >= 0.6 is 0 Å². The second-order valence-corrected chi connectivity index (χ2v) is 7.55. The molecule has 8 heteroatoms. The third-order valence-corrected chi connectivity index (χ3v) is 5.93. The minimum absolute atomic E-state index is 0.129. The van der Waals surface area contributed by atoms with Crippen LogP contribution in [0.1, 0.15) is 25.1 Å². The number of ether oxygens (including phenoxy) is 1. The summed E-state index contributed by atoms with van der Waals surface area (Å²) in [5, 5.41) is 0. The molecule has 0 radical (unpaired) electrons. The van der Waals surface area contributed by atoms with Crippen LogP contribution in [0.15, 0.2) is 24.7 Å². The molecule has 142 valence electrons. The lowest BCUT2D eigenvalue weighted by atomic mass is 9.86. The van der Waals surface area contributed by atoms with Gasteiger partial charge in [0.15, 0.2) is 5.65 Å². The Hall–Kier alpha value is -2.61. The Morgan fingerprint density at radius 3 is 2.85 bits per heavy atom. The number of nitrogens with one attached hydrogen (secondary N) is 1. The van der Waals surface area contributed by atoms with Gasteiger partial charge in [0, 0.05) is 38.3 Å². The lowest BCUT2D eigenvalue weighted by Crippen LogP contribution is -2.51. The Morgan fingerprint density at radius 2 is 2.00 bits per heavy atom. The zero-order chi connectivity index (χ0) is 18.4. The molecule has 0 aromatic carbocycles. The van der Waals surface area contributed by atoms with Crippen LogP contribution in [-0.2, 0) is 4.74 Å². The molecule has 5 rings (SSSR count). The molecular weight excluding hydrogens is 344 g/mol. The van der Waals surface area contributed by atoms with Crippen molar-refractivity contribution in [2.24, 2.45) is 5.92 Å². The standard InChI is InChI=1S/C19H24N6O2/c1-13-3-5-24(19(26)23-6-8-27-9-7-23)12-15(13)18-22-11-14-10-21-17-16(25(14)18)2-4-20-17/h2,4,10-11,13,15,20H,3,5-9,12H2,1H3/t13-,15+/m1/s1. The molecule has 27 heavy (non-hydrogen) atoms. The van der Waals surface area contributed by atoms with Crippen molar-refractivity contribution in [2.75, 3.05) is 39.4 Å². The smallest absolute Gasteiger partial charge is 0.320 e. The number of morpholine rings is 1. The Labute approximate surface area is 157 Å². The second-order valence-electron chi connectivity index (χ2n) is 7.55. The van der Waals surface area contributed by atoms with Crippen LogP contribution in [0.5, 0.6) is 0 Å². The van der Waals surface area contributed by atoms with E-state index in [9.17, 15) is 4.79 Å². The summed E-state index contributed by atoms with van der Waals surface area (Å²) in [4.78, 5) is 29.2. The fraction of sp³-hybridized carbons (Fsp3) is 0.526. The van der Waals surface area contributed by atoms with Crippen molar-refractivity contribution >= 4 is 22.7 Å². The Morgan fingerprint density at radius 1 is 1.19 bits per heavy atom. The van der Waals surface area contributed by atoms with Gasteiger partial charge in [0.2, 0.25) is 0 Å². The summed E-state index contributed by atoms with van der Waals surface area (Å²) in [6.07, 6.45) is 6.61. The number of aromatic amines is 1. The fourth-order valence-electron chi connectivity index (χ4n) is 4.30. The second kappa shape index (κ2) is 6.53. The third kappa shape index (κ3) is 2.75. The average molecular weight is 368 g/mol. The van der Waals surface area contributed by atoms with E-state index in [4.69, 9.17) is 9.72 Å². The molecule has 3 aromatic rings. The van der Waals surface area contributed by atoms with E-state index in [1.54, 1.807) is 0 Å². The lowest BCUT2D eigenvalue weighted by molar-refractivity contribution is 0.0388. The van der Waals surface area contributed by atoms with Gasteiger partial charge in [-0.25, -0.2) is 14.8 Å². The Bertz CT molecular complexity index is 973. The zero-order valence-corrected chi connectivity index (χ0v) is 15.5. The average Bonchev–Trinajstić information content (AvgIpc) is 3.35. The van der Waals surface area contributed by atoms with Crippen molar-refractivity contribution in [3.05, 3.63) is 30.5 Å². The number of fused-ring (bicyclic) bond motifs is 3. The van der Waals surface area contributed by atoms with E-state index in [0.717, 1.165) is 35.5 Å². The number of hydrogen-bond donors (Lipinski definition) is 1. The third-order valence-electron chi connectivity index (χ3n) is 5.93. The van der Waals surface area contributed by atoms with Gasteiger partial charge in [-0.15, -0.1) is 0 Å². The summed E-state index contributed by atoms with van der Waals surface area (Å²) in [6, 6.07) is 2.16. The number of hydrogen-bond acceptors (Lipinski definition) is 4. The molecule has 5 heterocycles. The molecule has 3 aromatic heterocycles. The van der Waals surface area contributed by atoms with Crippen LogP contribution in [0.3, 0.4) is 0 Å². The van der Waals surface area contributed by atoms with E-state index in [1.165, 1.54) is 0 Å². The van der Waals surface area contributed by atoms with Crippen molar-refractivity contribution in [3.8, 4) is 0 Å². The number of aromatic nitrogens is 4. The molecule has 0 aliphatic carbocycles. The quantitative estimate of drug-likeness (QED) is 0.713. The molecule has 2 atom stereocenters. The Kier molecular flexibility index (Phi) is 4.00. The molecule has 2 saturated heterocycles. The number of likely N-dealkylation sites (tertiary alicyclic amines) is 1. The molecule has 0 saturated carbocycles. The van der Waals surface area contributed by atoms with E-state index in [-0.39, 0.29) is 11.9 Å². The van der Waals surface area contributed by atoms with E-state index >= 15 is 0 Å². The van der Waals surface area contributed by atoms with Crippen molar-refractivity contribution in [1.29, 1.82) is 0 Å². The minimum atomic E-state index is 0.129. The first kappa shape index (κ1) is 16.6. The van der Waals surface area contributed by atoms with Gasteiger partial charge < -0.3 is 19.5 Å². The number of H-pyrrole nitrogens is 1. The first-order valence-corrected chi connectivity index (χ1v) is 9.63. The van der Waals surface area contributed by atoms with Crippen LogP contribution in [0.25, 0.3) is 16.7 Å². The predicted molar refractivity (Wildman–Crippen MR) is 101 cm³/mol. The largest absolute Gasteiger partial charge is 0.378 e. The lowest BCUT2D eigenvalue weighted by Gasteiger charge is -2.39. The molecule has 2 aliphatic rings. The molecule has 2 amide bonds. The predicted octanol–water partition coefficient (Wildman–Crippen LogP) is 2.09. The van der Waals surface area contributed by atoms with Crippen molar-refractivity contribution in [1.82, 2.24) is 29.2 Å². The normalized spacial score (nSPS) is 24.0. The van der Waals surface area contributed by atoms with Gasteiger partial charge in [-0.3, -0.25) is 4.40 Å². The maximum atomic E-state index is 13.0. The molecule has 0 unspecified atom stereocenters. The SMILES string of the molecule is C[C@@H]1CCN(C(=O)N2CCOCC2)C[C@@H]1c1ncc2cnc3[nH]ccc3n12. The van der Waals surface area contributed by atoms with Crippen molar-refractivity contribution in [2.45, 2.75) is 19.3 Å². The highest BCUT2D eigenvalue weighted by Crippen LogP contribution is 2.33. The number of amides is 2. The molecule has 8 nitrogen and oxygen atoms in total. The molecule has 2 aliphatic heterocycles. The number of carbonyl (C=O) groups excluding carboxylic acids is 1.